The van der Waals surface area contributed by atoms with Crippen molar-refractivity contribution >= 4 is 17.6 Å². The Bertz CT molecular complexity index is 358. The van der Waals surface area contributed by atoms with E-state index < -0.39 is 5.97 Å². The summed E-state index contributed by atoms with van der Waals surface area (Å²) in [5.41, 5.74) is 0.666. The Morgan fingerprint density at radius 2 is 2.21 bits per heavy atom. The highest BCUT2D eigenvalue weighted by Crippen LogP contribution is 2.23. The molecular weight excluding hydrogens is 204 g/mol. The van der Waals surface area contributed by atoms with Crippen molar-refractivity contribution in [2.75, 3.05) is 0 Å². The van der Waals surface area contributed by atoms with Crippen molar-refractivity contribution in [1.82, 2.24) is 9.78 Å². The van der Waals surface area contributed by atoms with E-state index in [1.165, 1.54) is 4.68 Å². The maximum absolute atomic E-state index is 10.8. The molecule has 1 aromatic heterocycles. The van der Waals surface area contributed by atoms with Crippen LogP contribution in [0.5, 0.6) is 0 Å². The van der Waals surface area contributed by atoms with Crippen molar-refractivity contribution in [2.45, 2.75) is 33.2 Å². The van der Waals surface area contributed by atoms with Crippen LogP contribution in [0.15, 0.2) is 0 Å². The molecule has 1 rings (SSSR count). The standard InChI is InChI=1S/C9H13ClN2O2/c1-4-6-7(9(13)14)11-12(5(2)3)8(6)10/h5H,4H2,1-3H3,(H,13,14). The first-order valence-corrected chi connectivity index (χ1v) is 4.87. The van der Waals surface area contributed by atoms with Crippen LogP contribution in [0.4, 0.5) is 0 Å². The molecular formula is C9H13ClN2O2. The lowest BCUT2D eigenvalue weighted by Gasteiger charge is -2.05. The number of carbonyl (C=O) groups is 1. The van der Waals surface area contributed by atoms with Gasteiger partial charge < -0.3 is 5.11 Å². The van der Waals surface area contributed by atoms with E-state index in [-0.39, 0.29) is 11.7 Å². The first-order chi connectivity index (χ1) is 6.49. The molecule has 0 amide bonds. The zero-order chi connectivity index (χ0) is 10.9. The fourth-order valence-corrected chi connectivity index (χ4v) is 1.73. The second kappa shape index (κ2) is 4.00. The van der Waals surface area contributed by atoms with Crippen LogP contribution in [-0.2, 0) is 6.42 Å². The summed E-state index contributed by atoms with van der Waals surface area (Å²) in [6, 6.07) is 0.0703. The molecule has 0 radical (unpaired) electrons. The molecule has 0 bridgehead atoms. The monoisotopic (exact) mass is 216 g/mol. The van der Waals surface area contributed by atoms with Crippen molar-refractivity contribution < 1.29 is 9.90 Å². The Morgan fingerprint density at radius 1 is 1.64 bits per heavy atom. The van der Waals surface area contributed by atoms with Gasteiger partial charge in [0.25, 0.3) is 0 Å². The van der Waals surface area contributed by atoms with Crippen LogP contribution in [-0.4, -0.2) is 20.9 Å². The summed E-state index contributed by atoms with van der Waals surface area (Å²) >= 11 is 6.01. The molecule has 5 heteroatoms. The molecule has 0 spiro atoms. The Labute approximate surface area is 87.5 Å². The van der Waals surface area contributed by atoms with Gasteiger partial charge in [-0.15, -0.1) is 0 Å². The lowest BCUT2D eigenvalue weighted by molar-refractivity contribution is 0.0688. The Kier molecular flexibility index (Phi) is 3.16. The Hall–Kier alpha value is -1.03. The molecule has 0 aliphatic heterocycles. The summed E-state index contributed by atoms with van der Waals surface area (Å²) in [5.74, 6) is -1.02. The number of aromatic carboxylic acids is 1. The van der Waals surface area contributed by atoms with E-state index in [0.29, 0.717) is 17.1 Å². The van der Waals surface area contributed by atoms with Crippen molar-refractivity contribution in [1.29, 1.82) is 0 Å². The zero-order valence-electron chi connectivity index (χ0n) is 8.41. The Balaban J connectivity index is 3.32. The number of carboxylic acid groups (broad SMARTS) is 1. The molecule has 0 aliphatic rings. The number of carboxylic acids is 1. The number of rotatable bonds is 3. The molecule has 1 heterocycles. The number of nitrogens with zero attached hydrogens (tertiary/aromatic N) is 2. The van der Waals surface area contributed by atoms with Gasteiger partial charge >= 0.3 is 5.97 Å². The van der Waals surface area contributed by atoms with Crippen LogP contribution in [0.25, 0.3) is 0 Å². The molecule has 4 nitrogen and oxygen atoms in total. The average molecular weight is 217 g/mol. The molecule has 0 atom stereocenters. The van der Waals surface area contributed by atoms with Crippen LogP contribution >= 0.6 is 11.6 Å². The fourth-order valence-electron chi connectivity index (χ4n) is 1.28. The van der Waals surface area contributed by atoms with E-state index in [1.54, 1.807) is 0 Å². The van der Waals surface area contributed by atoms with E-state index in [9.17, 15) is 4.79 Å². The third-order valence-electron chi connectivity index (χ3n) is 1.99. The van der Waals surface area contributed by atoms with Crippen LogP contribution < -0.4 is 0 Å². The fraction of sp³-hybridized carbons (Fsp3) is 0.556. The van der Waals surface area contributed by atoms with E-state index in [0.717, 1.165) is 0 Å². The molecule has 0 saturated heterocycles. The minimum atomic E-state index is -1.02. The first kappa shape index (κ1) is 11.0. The molecule has 0 saturated carbocycles. The van der Waals surface area contributed by atoms with Gasteiger partial charge in [-0.2, -0.15) is 5.10 Å². The highest BCUT2D eigenvalue weighted by atomic mass is 35.5. The predicted molar refractivity (Wildman–Crippen MR) is 54.0 cm³/mol. The second-order valence-electron chi connectivity index (χ2n) is 3.31. The molecule has 78 valence electrons. The molecule has 0 aromatic carbocycles. The quantitative estimate of drug-likeness (QED) is 0.844. The number of aromatic nitrogens is 2. The number of hydrogen-bond acceptors (Lipinski definition) is 2. The van der Waals surface area contributed by atoms with E-state index >= 15 is 0 Å². The topological polar surface area (TPSA) is 55.1 Å². The number of hydrogen-bond donors (Lipinski definition) is 1. The van der Waals surface area contributed by atoms with Crippen LogP contribution in [0.1, 0.15) is 42.9 Å². The van der Waals surface area contributed by atoms with Crippen molar-refractivity contribution in [3.63, 3.8) is 0 Å². The van der Waals surface area contributed by atoms with Gasteiger partial charge in [-0.05, 0) is 20.3 Å². The lowest BCUT2D eigenvalue weighted by atomic mass is 10.2. The largest absolute Gasteiger partial charge is 0.476 e. The smallest absolute Gasteiger partial charge is 0.356 e. The number of halogens is 1. The third kappa shape index (κ3) is 1.75. The van der Waals surface area contributed by atoms with E-state index in [4.69, 9.17) is 16.7 Å². The average Bonchev–Trinajstić information content (AvgIpc) is 2.42. The van der Waals surface area contributed by atoms with Crippen molar-refractivity contribution in [3.8, 4) is 0 Å². The van der Waals surface area contributed by atoms with Gasteiger partial charge in [0.15, 0.2) is 5.69 Å². The van der Waals surface area contributed by atoms with Crippen molar-refractivity contribution in [3.05, 3.63) is 16.4 Å². The summed E-state index contributed by atoms with van der Waals surface area (Å²) in [6.07, 6.45) is 0.577. The van der Waals surface area contributed by atoms with Gasteiger partial charge in [0, 0.05) is 11.6 Å². The Morgan fingerprint density at radius 3 is 2.50 bits per heavy atom. The molecule has 0 unspecified atom stereocenters. The minimum absolute atomic E-state index is 0.0613. The van der Waals surface area contributed by atoms with Gasteiger partial charge in [0.05, 0.1) is 0 Å². The summed E-state index contributed by atoms with van der Waals surface area (Å²) in [7, 11) is 0. The summed E-state index contributed by atoms with van der Waals surface area (Å²) < 4.78 is 1.53. The van der Waals surface area contributed by atoms with Gasteiger partial charge in [-0.1, -0.05) is 18.5 Å². The SMILES string of the molecule is CCc1c(C(=O)O)nn(C(C)C)c1Cl. The van der Waals surface area contributed by atoms with Gasteiger partial charge in [-0.3, -0.25) is 4.68 Å². The highest BCUT2D eigenvalue weighted by Gasteiger charge is 2.20. The second-order valence-corrected chi connectivity index (χ2v) is 3.67. The zero-order valence-corrected chi connectivity index (χ0v) is 9.17. The molecule has 0 fully saturated rings. The third-order valence-corrected chi connectivity index (χ3v) is 2.39. The van der Waals surface area contributed by atoms with Crippen LogP contribution in [0.2, 0.25) is 5.15 Å². The first-order valence-electron chi connectivity index (χ1n) is 4.49. The van der Waals surface area contributed by atoms with Crippen molar-refractivity contribution in [2.24, 2.45) is 0 Å². The molecule has 1 N–H and O–H groups in total. The van der Waals surface area contributed by atoms with E-state index in [2.05, 4.69) is 5.10 Å². The molecule has 1 aromatic rings. The molecule has 0 aliphatic carbocycles. The van der Waals surface area contributed by atoms with E-state index in [1.807, 2.05) is 20.8 Å². The predicted octanol–water partition coefficient (Wildman–Crippen LogP) is 2.38. The van der Waals surface area contributed by atoms with Crippen LogP contribution in [0, 0.1) is 0 Å². The minimum Gasteiger partial charge on any atom is -0.476 e. The summed E-state index contributed by atoms with van der Waals surface area (Å²) in [6.45, 7) is 5.67. The summed E-state index contributed by atoms with van der Waals surface area (Å²) in [4.78, 5) is 10.8. The summed E-state index contributed by atoms with van der Waals surface area (Å²) in [5, 5.41) is 13.3. The maximum Gasteiger partial charge on any atom is 0.356 e. The maximum atomic E-state index is 10.8. The normalized spacial score (nSPS) is 10.9. The van der Waals surface area contributed by atoms with Gasteiger partial charge in [0.2, 0.25) is 0 Å². The van der Waals surface area contributed by atoms with Gasteiger partial charge in [0.1, 0.15) is 5.15 Å². The van der Waals surface area contributed by atoms with Gasteiger partial charge in [-0.25, -0.2) is 4.79 Å². The lowest BCUT2D eigenvalue weighted by Crippen LogP contribution is -2.05. The molecule has 14 heavy (non-hydrogen) atoms. The highest BCUT2D eigenvalue weighted by molar-refractivity contribution is 6.30. The van der Waals surface area contributed by atoms with Crippen LogP contribution in [0.3, 0.4) is 0 Å².